The SMILES string of the molecule is C=CC(=O)Nc1cccc(Oc2cnc3c(n2)c(-c2cccc(C(F)(F)F)c2)cn3COCC[Si](C)(C)C)c1. The van der Waals surface area contributed by atoms with Crippen molar-refractivity contribution in [1.82, 2.24) is 14.5 Å². The van der Waals surface area contributed by atoms with Crippen LogP contribution in [0.5, 0.6) is 11.6 Å². The van der Waals surface area contributed by atoms with E-state index in [1.807, 2.05) is 0 Å². The van der Waals surface area contributed by atoms with Gasteiger partial charge in [0.25, 0.3) is 0 Å². The minimum absolute atomic E-state index is 0.139. The third-order valence-electron chi connectivity index (χ3n) is 5.78. The van der Waals surface area contributed by atoms with Crippen molar-refractivity contribution < 1.29 is 27.4 Å². The second-order valence-electron chi connectivity index (χ2n) is 10.1. The van der Waals surface area contributed by atoms with Gasteiger partial charge in [0.15, 0.2) is 5.65 Å². The summed E-state index contributed by atoms with van der Waals surface area (Å²) in [5.41, 5.74) is 1.38. The number of alkyl halides is 3. The second kappa shape index (κ2) is 11.4. The Bertz CT molecular complexity index is 1500. The Labute approximate surface area is 225 Å². The fourth-order valence-corrected chi connectivity index (χ4v) is 4.51. The molecule has 1 amide bonds. The van der Waals surface area contributed by atoms with Crippen molar-refractivity contribution in [3.05, 3.63) is 79.1 Å². The first-order valence-corrected chi connectivity index (χ1v) is 16.0. The van der Waals surface area contributed by atoms with E-state index in [9.17, 15) is 18.0 Å². The number of rotatable bonds is 10. The summed E-state index contributed by atoms with van der Waals surface area (Å²) in [4.78, 5) is 20.7. The number of hydrogen-bond donors (Lipinski definition) is 1. The summed E-state index contributed by atoms with van der Waals surface area (Å²) in [5, 5.41) is 2.65. The lowest BCUT2D eigenvalue weighted by Gasteiger charge is -2.15. The van der Waals surface area contributed by atoms with Gasteiger partial charge in [-0.25, -0.2) is 9.97 Å². The number of fused-ring (bicyclic) bond motifs is 1. The van der Waals surface area contributed by atoms with Crippen LogP contribution in [-0.2, 0) is 22.4 Å². The van der Waals surface area contributed by atoms with Crippen LogP contribution in [0.4, 0.5) is 18.9 Å². The van der Waals surface area contributed by atoms with E-state index in [0.29, 0.717) is 40.3 Å². The monoisotopic (exact) mass is 554 g/mol. The Kier molecular flexibility index (Phi) is 8.21. The standard InChI is InChI=1S/C28H29F3N4O3Si/c1-5-24(36)33-21-10-7-11-22(15-21)38-25-16-32-27-26(34-25)23(17-35(27)18-37-12-13-39(2,3)4)19-8-6-9-20(14-19)28(29,30)31/h5-11,14-17H,1,12-13,18H2,2-4H3,(H,33,36). The maximum atomic E-state index is 13.4. The third kappa shape index (κ3) is 7.33. The molecule has 4 aromatic rings. The van der Waals surface area contributed by atoms with Crippen LogP contribution in [0.15, 0.2) is 73.6 Å². The van der Waals surface area contributed by atoms with Crippen LogP contribution in [0.1, 0.15) is 5.56 Å². The molecule has 2 aromatic carbocycles. The van der Waals surface area contributed by atoms with Crippen LogP contribution in [0.25, 0.3) is 22.3 Å². The zero-order valence-electron chi connectivity index (χ0n) is 21.9. The van der Waals surface area contributed by atoms with E-state index >= 15 is 0 Å². The molecule has 0 spiro atoms. The Morgan fingerprint density at radius 3 is 2.64 bits per heavy atom. The lowest BCUT2D eigenvalue weighted by molar-refractivity contribution is -0.137. The molecule has 1 N–H and O–H groups in total. The summed E-state index contributed by atoms with van der Waals surface area (Å²) < 4.78 is 53.8. The zero-order chi connectivity index (χ0) is 28.2. The summed E-state index contributed by atoms with van der Waals surface area (Å²) in [7, 11) is -1.29. The van der Waals surface area contributed by atoms with Crippen molar-refractivity contribution in [3.63, 3.8) is 0 Å². The molecule has 0 aliphatic heterocycles. The number of benzene rings is 2. The van der Waals surface area contributed by atoms with Crippen molar-refractivity contribution in [2.45, 2.75) is 38.6 Å². The van der Waals surface area contributed by atoms with Gasteiger partial charge in [-0.05, 0) is 41.9 Å². The van der Waals surface area contributed by atoms with Gasteiger partial charge < -0.3 is 19.4 Å². The summed E-state index contributed by atoms with van der Waals surface area (Å²) in [6, 6.07) is 12.7. The van der Waals surface area contributed by atoms with Gasteiger partial charge in [-0.3, -0.25) is 4.79 Å². The van der Waals surface area contributed by atoms with Crippen molar-refractivity contribution in [2.75, 3.05) is 11.9 Å². The van der Waals surface area contributed by atoms with E-state index in [2.05, 4.69) is 41.5 Å². The Morgan fingerprint density at radius 1 is 1.15 bits per heavy atom. The molecule has 0 saturated carbocycles. The fourth-order valence-electron chi connectivity index (χ4n) is 3.75. The molecule has 204 valence electrons. The molecule has 0 aliphatic carbocycles. The molecule has 0 aliphatic rings. The van der Waals surface area contributed by atoms with Gasteiger partial charge in [-0.15, -0.1) is 0 Å². The molecule has 39 heavy (non-hydrogen) atoms. The molecule has 4 rings (SSSR count). The van der Waals surface area contributed by atoms with Crippen LogP contribution < -0.4 is 10.1 Å². The average Bonchev–Trinajstić information content (AvgIpc) is 3.23. The van der Waals surface area contributed by atoms with E-state index < -0.39 is 19.8 Å². The van der Waals surface area contributed by atoms with Crippen molar-refractivity contribution in [1.29, 1.82) is 0 Å². The lowest BCUT2D eigenvalue weighted by Crippen LogP contribution is -2.22. The molecular weight excluding hydrogens is 525 g/mol. The molecular formula is C28H29F3N4O3Si. The van der Waals surface area contributed by atoms with Gasteiger partial charge in [0.2, 0.25) is 11.8 Å². The average molecular weight is 555 g/mol. The number of hydrogen-bond acceptors (Lipinski definition) is 5. The molecule has 2 aromatic heterocycles. The third-order valence-corrected chi connectivity index (χ3v) is 7.48. The summed E-state index contributed by atoms with van der Waals surface area (Å²) in [6.45, 7) is 10.9. The molecule has 11 heteroatoms. The first kappa shape index (κ1) is 28.1. The maximum absolute atomic E-state index is 13.4. The topological polar surface area (TPSA) is 78.3 Å². The van der Waals surface area contributed by atoms with Gasteiger partial charge in [-0.1, -0.05) is 44.4 Å². The number of amides is 1. The van der Waals surface area contributed by atoms with E-state index in [-0.39, 0.29) is 18.5 Å². The number of nitrogens with zero attached hydrogens (tertiary/aromatic N) is 3. The van der Waals surface area contributed by atoms with E-state index in [0.717, 1.165) is 24.3 Å². The first-order valence-electron chi connectivity index (χ1n) is 12.3. The maximum Gasteiger partial charge on any atom is 0.416 e. The van der Waals surface area contributed by atoms with Gasteiger partial charge in [0.1, 0.15) is 18.0 Å². The summed E-state index contributed by atoms with van der Waals surface area (Å²) >= 11 is 0. The highest BCUT2D eigenvalue weighted by Gasteiger charge is 2.31. The number of carbonyl (C=O) groups is 1. The van der Waals surface area contributed by atoms with Crippen molar-refractivity contribution in [2.24, 2.45) is 0 Å². The van der Waals surface area contributed by atoms with Crippen molar-refractivity contribution >= 4 is 30.8 Å². The fraction of sp³-hybridized carbons (Fsp3) is 0.250. The Hall–Kier alpha value is -3.96. The van der Waals surface area contributed by atoms with E-state index in [1.165, 1.54) is 12.3 Å². The van der Waals surface area contributed by atoms with Crippen molar-refractivity contribution in [3.8, 4) is 22.8 Å². The molecule has 2 heterocycles. The van der Waals surface area contributed by atoms with Crippen LogP contribution in [0.2, 0.25) is 25.7 Å². The van der Waals surface area contributed by atoms with Crippen LogP contribution >= 0.6 is 0 Å². The molecule has 0 bridgehead atoms. The van der Waals surface area contributed by atoms with Crippen LogP contribution in [0.3, 0.4) is 0 Å². The Balaban J connectivity index is 1.69. The molecule has 0 fully saturated rings. The van der Waals surface area contributed by atoms with Crippen LogP contribution in [0, 0.1) is 0 Å². The van der Waals surface area contributed by atoms with Gasteiger partial charge in [0.05, 0.1) is 11.8 Å². The second-order valence-corrected chi connectivity index (χ2v) is 15.8. The normalized spacial score (nSPS) is 11.9. The Morgan fingerprint density at radius 2 is 1.92 bits per heavy atom. The minimum atomic E-state index is -4.49. The van der Waals surface area contributed by atoms with E-state index in [4.69, 9.17) is 9.47 Å². The van der Waals surface area contributed by atoms with Gasteiger partial charge >= 0.3 is 6.18 Å². The number of ether oxygens (including phenoxy) is 2. The van der Waals surface area contributed by atoms with E-state index in [1.54, 1.807) is 41.1 Å². The number of anilines is 1. The zero-order valence-corrected chi connectivity index (χ0v) is 22.9. The molecule has 7 nitrogen and oxygen atoms in total. The molecule has 0 atom stereocenters. The smallest absolute Gasteiger partial charge is 0.416 e. The largest absolute Gasteiger partial charge is 0.437 e. The molecule has 0 unspecified atom stereocenters. The first-order chi connectivity index (χ1) is 18.4. The number of carbonyl (C=O) groups excluding carboxylic acids is 1. The number of halogens is 3. The molecule has 0 radical (unpaired) electrons. The predicted octanol–water partition coefficient (Wildman–Crippen LogP) is 7.35. The predicted molar refractivity (Wildman–Crippen MR) is 147 cm³/mol. The summed E-state index contributed by atoms with van der Waals surface area (Å²) in [5.74, 6) is 0.160. The highest BCUT2D eigenvalue weighted by molar-refractivity contribution is 6.76. The highest BCUT2D eigenvalue weighted by atomic mass is 28.3. The summed E-state index contributed by atoms with van der Waals surface area (Å²) in [6.07, 6.45) is -0.197. The molecule has 0 saturated heterocycles. The van der Waals surface area contributed by atoms with Crippen LogP contribution in [-0.4, -0.2) is 35.1 Å². The lowest BCUT2D eigenvalue weighted by atomic mass is 10.0. The van der Waals surface area contributed by atoms with Gasteiger partial charge in [-0.2, -0.15) is 13.2 Å². The highest BCUT2D eigenvalue weighted by Crippen LogP contribution is 2.35. The minimum Gasteiger partial charge on any atom is -0.437 e. The quantitative estimate of drug-likeness (QED) is 0.126. The number of nitrogens with one attached hydrogen (secondary N) is 1. The van der Waals surface area contributed by atoms with Gasteiger partial charge in [0, 0.05) is 38.2 Å². The number of aromatic nitrogens is 3.